The Kier molecular flexibility index (Phi) is 5.40. The molecule has 4 rings (SSSR count). The maximum atomic E-state index is 13.5. The maximum Gasteiger partial charge on any atom is 0.275 e. The zero-order valence-corrected chi connectivity index (χ0v) is 18.4. The molecule has 1 N–H and O–H groups in total. The van der Waals surface area contributed by atoms with Gasteiger partial charge in [0.15, 0.2) is 0 Å². The Morgan fingerprint density at radius 3 is 1.90 bits per heavy atom. The van der Waals surface area contributed by atoms with Gasteiger partial charge in [-0.3, -0.25) is 9.69 Å². The van der Waals surface area contributed by atoms with Crippen LogP contribution in [0.25, 0.3) is 0 Å². The number of carbonyl (C=O) groups is 1. The molecule has 0 radical (unpaired) electrons. The normalized spacial score (nSPS) is 16.0. The van der Waals surface area contributed by atoms with Crippen LogP contribution in [0.4, 0.5) is 11.4 Å². The summed E-state index contributed by atoms with van der Waals surface area (Å²) in [5, 5.41) is 4.04. The first-order valence-electron chi connectivity index (χ1n) is 10.0. The number of nitrogens with zero attached hydrogens (tertiary/aromatic N) is 1. The van der Waals surface area contributed by atoms with Crippen molar-refractivity contribution in [2.45, 2.75) is 33.7 Å². The van der Waals surface area contributed by atoms with Gasteiger partial charge in [-0.15, -0.1) is 0 Å². The topological polar surface area (TPSA) is 32.3 Å². The van der Waals surface area contributed by atoms with Gasteiger partial charge in [-0.1, -0.05) is 35.9 Å². The van der Waals surface area contributed by atoms with Crippen LogP contribution < -0.4 is 10.2 Å². The highest BCUT2D eigenvalue weighted by atomic mass is 35.5. The number of amides is 1. The van der Waals surface area contributed by atoms with E-state index in [2.05, 4.69) is 69.4 Å². The van der Waals surface area contributed by atoms with E-state index >= 15 is 0 Å². The lowest BCUT2D eigenvalue weighted by Crippen LogP contribution is -2.31. The number of aryl methyl sites for hydroxylation is 4. The molecule has 0 fully saturated rings. The minimum atomic E-state index is -0.204. The Balaban J connectivity index is 1.77. The Labute approximate surface area is 183 Å². The molecule has 0 saturated heterocycles. The SMILES string of the molecule is Cc1cc(C)cc(NC2=C[C@H](c3ccc(Cl)cc3)N(c3cc(C)cc(C)c3)C2=O)c1. The van der Waals surface area contributed by atoms with E-state index in [1.807, 2.05) is 35.2 Å². The van der Waals surface area contributed by atoms with Crippen molar-refractivity contribution in [1.29, 1.82) is 0 Å². The van der Waals surface area contributed by atoms with Gasteiger partial charge in [0.1, 0.15) is 5.70 Å². The lowest BCUT2D eigenvalue weighted by molar-refractivity contribution is -0.114. The van der Waals surface area contributed by atoms with Crippen LogP contribution >= 0.6 is 11.6 Å². The van der Waals surface area contributed by atoms with Gasteiger partial charge in [-0.05, 0) is 98.0 Å². The maximum absolute atomic E-state index is 13.5. The van der Waals surface area contributed by atoms with Gasteiger partial charge in [0.2, 0.25) is 0 Å². The summed E-state index contributed by atoms with van der Waals surface area (Å²) in [4.78, 5) is 15.4. The van der Waals surface area contributed by atoms with E-state index in [1.54, 1.807) is 0 Å². The highest BCUT2D eigenvalue weighted by Gasteiger charge is 2.35. The zero-order chi connectivity index (χ0) is 21.4. The second kappa shape index (κ2) is 8.00. The summed E-state index contributed by atoms with van der Waals surface area (Å²) in [6.07, 6.45) is 2.00. The molecule has 3 nitrogen and oxygen atoms in total. The van der Waals surface area contributed by atoms with E-state index in [0.717, 1.165) is 39.2 Å². The van der Waals surface area contributed by atoms with Crippen molar-refractivity contribution in [3.8, 4) is 0 Å². The second-order valence-electron chi connectivity index (χ2n) is 8.10. The monoisotopic (exact) mass is 416 g/mol. The first-order chi connectivity index (χ1) is 14.3. The predicted octanol–water partition coefficient (Wildman–Crippen LogP) is 6.66. The van der Waals surface area contributed by atoms with Crippen LogP contribution in [0.15, 0.2) is 72.4 Å². The molecule has 1 aliphatic heterocycles. The smallest absolute Gasteiger partial charge is 0.275 e. The van der Waals surface area contributed by atoms with Crippen molar-refractivity contribution in [3.05, 3.63) is 105 Å². The molecular weight excluding hydrogens is 392 g/mol. The van der Waals surface area contributed by atoms with E-state index in [9.17, 15) is 4.79 Å². The molecule has 1 atom stereocenters. The average molecular weight is 417 g/mol. The molecule has 3 aromatic rings. The molecule has 4 heteroatoms. The van der Waals surface area contributed by atoms with Gasteiger partial charge in [-0.25, -0.2) is 0 Å². The Morgan fingerprint density at radius 1 is 0.800 bits per heavy atom. The summed E-state index contributed by atoms with van der Waals surface area (Å²) in [6.45, 7) is 8.22. The Bertz CT molecular complexity index is 1110. The standard InChI is InChI=1S/C26H25ClN2O/c1-16-9-17(2)12-22(11-16)28-24-15-25(20-5-7-21(27)8-6-20)29(26(24)30)23-13-18(3)10-19(4)14-23/h5-15,25,28H,1-4H3/t25-/m1/s1. The highest BCUT2D eigenvalue weighted by Crippen LogP contribution is 2.37. The number of nitrogens with one attached hydrogen (secondary N) is 1. The van der Waals surface area contributed by atoms with Gasteiger partial charge in [0, 0.05) is 16.4 Å². The summed E-state index contributed by atoms with van der Waals surface area (Å²) in [6, 6.07) is 19.9. The predicted molar refractivity (Wildman–Crippen MR) is 125 cm³/mol. The Morgan fingerprint density at radius 2 is 1.33 bits per heavy atom. The molecule has 30 heavy (non-hydrogen) atoms. The molecule has 1 aliphatic rings. The molecule has 0 spiro atoms. The summed E-state index contributed by atoms with van der Waals surface area (Å²) in [5.74, 6) is -0.0425. The second-order valence-corrected chi connectivity index (χ2v) is 8.54. The van der Waals surface area contributed by atoms with E-state index in [0.29, 0.717) is 10.7 Å². The summed E-state index contributed by atoms with van der Waals surface area (Å²) < 4.78 is 0. The molecule has 0 saturated carbocycles. The van der Waals surface area contributed by atoms with Crippen molar-refractivity contribution < 1.29 is 4.79 Å². The van der Waals surface area contributed by atoms with Crippen LogP contribution in [0.3, 0.4) is 0 Å². The first kappa shape index (κ1) is 20.2. The van der Waals surface area contributed by atoms with Crippen molar-refractivity contribution in [3.63, 3.8) is 0 Å². The first-order valence-corrected chi connectivity index (χ1v) is 10.4. The van der Waals surface area contributed by atoms with Crippen LogP contribution in [-0.2, 0) is 4.79 Å². The van der Waals surface area contributed by atoms with Crippen LogP contribution in [0.2, 0.25) is 5.02 Å². The van der Waals surface area contributed by atoms with Gasteiger partial charge in [0.25, 0.3) is 5.91 Å². The zero-order valence-electron chi connectivity index (χ0n) is 17.7. The molecule has 0 aliphatic carbocycles. The third-order valence-corrected chi connectivity index (χ3v) is 5.50. The molecule has 1 heterocycles. The van der Waals surface area contributed by atoms with Crippen molar-refractivity contribution >= 4 is 28.9 Å². The number of carbonyl (C=O) groups excluding carboxylic acids is 1. The summed E-state index contributed by atoms with van der Waals surface area (Å²) >= 11 is 6.10. The third kappa shape index (κ3) is 4.12. The number of rotatable bonds is 4. The number of benzene rings is 3. The summed E-state index contributed by atoms with van der Waals surface area (Å²) in [7, 11) is 0. The number of halogens is 1. The van der Waals surface area contributed by atoms with E-state index < -0.39 is 0 Å². The van der Waals surface area contributed by atoms with Crippen molar-refractivity contribution in [2.24, 2.45) is 0 Å². The Hall–Kier alpha value is -3.04. The van der Waals surface area contributed by atoms with Gasteiger partial charge >= 0.3 is 0 Å². The molecular formula is C26H25ClN2O. The van der Waals surface area contributed by atoms with E-state index in [1.165, 1.54) is 0 Å². The fraction of sp³-hybridized carbons (Fsp3) is 0.192. The van der Waals surface area contributed by atoms with E-state index in [-0.39, 0.29) is 11.9 Å². The number of anilines is 2. The van der Waals surface area contributed by atoms with Gasteiger partial charge < -0.3 is 5.32 Å². The molecule has 1 amide bonds. The third-order valence-electron chi connectivity index (χ3n) is 5.25. The molecule has 0 aromatic heterocycles. The minimum Gasteiger partial charge on any atom is -0.351 e. The van der Waals surface area contributed by atoms with Crippen LogP contribution in [0.1, 0.15) is 33.9 Å². The average Bonchev–Trinajstić information content (AvgIpc) is 2.97. The fourth-order valence-corrected chi connectivity index (χ4v) is 4.26. The van der Waals surface area contributed by atoms with Crippen molar-refractivity contribution in [2.75, 3.05) is 10.2 Å². The number of hydrogen-bond acceptors (Lipinski definition) is 2. The molecule has 0 bridgehead atoms. The van der Waals surface area contributed by atoms with Crippen LogP contribution in [0, 0.1) is 27.7 Å². The van der Waals surface area contributed by atoms with Crippen molar-refractivity contribution in [1.82, 2.24) is 0 Å². The van der Waals surface area contributed by atoms with E-state index in [4.69, 9.17) is 11.6 Å². The van der Waals surface area contributed by atoms with Crippen LogP contribution in [0.5, 0.6) is 0 Å². The van der Waals surface area contributed by atoms with Gasteiger partial charge in [-0.2, -0.15) is 0 Å². The minimum absolute atomic E-state index is 0.0425. The number of hydrogen-bond donors (Lipinski definition) is 1. The largest absolute Gasteiger partial charge is 0.351 e. The molecule has 3 aromatic carbocycles. The lowest BCUT2D eigenvalue weighted by atomic mass is 10.0. The van der Waals surface area contributed by atoms with Crippen LogP contribution in [-0.4, -0.2) is 5.91 Å². The quantitative estimate of drug-likeness (QED) is 0.515. The lowest BCUT2D eigenvalue weighted by Gasteiger charge is -2.26. The fourth-order valence-electron chi connectivity index (χ4n) is 4.13. The molecule has 152 valence electrons. The molecule has 0 unspecified atom stereocenters. The summed E-state index contributed by atoms with van der Waals surface area (Å²) in [5.41, 5.74) is 7.98. The highest BCUT2D eigenvalue weighted by molar-refractivity contribution is 6.30. The van der Waals surface area contributed by atoms with Gasteiger partial charge in [0.05, 0.1) is 6.04 Å².